The largest absolute Gasteiger partial charge is 0.497 e. The topological polar surface area (TPSA) is 42.0 Å². The van der Waals surface area contributed by atoms with Crippen LogP contribution in [0.2, 0.25) is 0 Å². The van der Waals surface area contributed by atoms with Crippen LogP contribution in [0.1, 0.15) is 37.8 Å². The molecule has 2 aromatic rings. The molecule has 0 saturated carbocycles. The van der Waals surface area contributed by atoms with Gasteiger partial charge in [0.2, 0.25) is 0 Å². The molecule has 0 aromatic heterocycles. The first-order valence-electron chi connectivity index (χ1n) is 10.5. The van der Waals surface area contributed by atoms with Crippen LogP contribution in [0.5, 0.6) is 11.5 Å². The van der Waals surface area contributed by atoms with Gasteiger partial charge in [0.15, 0.2) is 0 Å². The van der Waals surface area contributed by atoms with Crippen molar-refractivity contribution in [2.75, 3.05) is 38.9 Å². The number of hydrogen-bond acceptors (Lipinski definition) is 4. The van der Waals surface area contributed by atoms with Crippen LogP contribution in [-0.2, 0) is 4.79 Å². The number of fused-ring (bicyclic) bond motifs is 1. The fourth-order valence-corrected chi connectivity index (χ4v) is 4.56. The number of para-hydroxylation sites is 1. The molecular formula is C25H30N2O3. The van der Waals surface area contributed by atoms with Crippen molar-refractivity contribution in [1.29, 1.82) is 0 Å². The quantitative estimate of drug-likeness (QED) is 0.677. The number of carbonyl (C=O) groups is 1. The smallest absolute Gasteiger partial charge is 0.260 e. The molecule has 2 aliphatic rings. The summed E-state index contributed by atoms with van der Waals surface area (Å²) in [6.07, 6.45) is 4.32. The Bertz CT molecular complexity index is 980. The number of rotatable bonds is 5. The molecule has 5 nitrogen and oxygen atoms in total. The number of nitrogens with zero attached hydrogens (tertiary/aromatic N) is 2. The number of ether oxygens (including phenoxy) is 2. The number of benzene rings is 2. The number of anilines is 1. The molecule has 0 unspecified atom stereocenters. The maximum Gasteiger partial charge on any atom is 0.260 e. The summed E-state index contributed by atoms with van der Waals surface area (Å²) in [4.78, 5) is 17.8. The summed E-state index contributed by atoms with van der Waals surface area (Å²) in [5.74, 6) is 1.48. The molecule has 4 rings (SSSR count). The predicted octanol–water partition coefficient (Wildman–Crippen LogP) is 4.67. The van der Waals surface area contributed by atoms with Gasteiger partial charge in [-0.15, -0.1) is 0 Å². The minimum atomic E-state index is 0.0319. The minimum Gasteiger partial charge on any atom is -0.497 e. The second-order valence-electron chi connectivity index (χ2n) is 8.88. The highest BCUT2D eigenvalue weighted by atomic mass is 16.5. The van der Waals surface area contributed by atoms with Crippen LogP contribution >= 0.6 is 0 Å². The first kappa shape index (κ1) is 20.5. The Balaban J connectivity index is 1.70. The van der Waals surface area contributed by atoms with Crippen LogP contribution in [0.25, 0.3) is 11.6 Å². The van der Waals surface area contributed by atoms with Gasteiger partial charge in [-0.3, -0.25) is 14.6 Å². The maximum atomic E-state index is 13.5. The fraction of sp³-hybridized carbons (Fsp3) is 0.400. The van der Waals surface area contributed by atoms with Gasteiger partial charge in [0, 0.05) is 23.2 Å². The van der Waals surface area contributed by atoms with Gasteiger partial charge in [-0.2, -0.15) is 0 Å². The molecule has 0 N–H and O–H groups in total. The van der Waals surface area contributed by atoms with Crippen molar-refractivity contribution in [2.24, 2.45) is 5.41 Å². The molecule has 5 heteroatoms. The number of likely N-dealkylation sites (tertiary alicyclic amines) is 1. The van der Waals surface area contributed by atoms with Gasteiger partial charge in [0.25, 0.3) is 5.91 Å². The number of hydrogen-bond donors (Lipinski definition) is 0. The molecule has 1 saturated heterocycles. The summed E-state index contributed by atoms with van der Waals surface area (Å²) in [6, 6.07) is 13.7. The molecule has 1 fully saturated rings. The average molecular weight is 407 g/mol. The van der Waals surface area contributed by atoms with Crippen LogP contribution < -0.4 is 14.4 Å². The number of piperidine rings is 1. The Hall–Kier alpha value is -2.79. The minimum absolute atomic E-state index is 0.0319. The summed E-state index contributed by atoms with van der Waals surface area (Å²) >= 11 is 0. The van der Waals surface area contributed by atoms with E-state index in [9.17, 15) is 4.79 Å². The molecule has 1 amide bonds. The molecule has 0 radical (unpaired) electrons. The molecule has 2 aliphatic heterocycles. The Kier molecular flexibility index (Phi) is 5.56. The van der Waals surface area contributed by atoms with E-state index in [0.29, 0.717) is 18.0 Å². The second-order valence-corrected chi connectivity index (χ2v) is 8.88. The molecule has 30 heavy (non-hydrogen) atoms. The summed E-state index contributed by atoms with van der Waals surface area (Å²) in [6.45, 7) is 7.25. The van der Waals surface area contributed by atoms with E-state index in [2.05, 4.69) is 18.7 Å². The van der Waals surface area contributed by atoms with Crippen LogP contribution in [0, 0.1) is 5.41 Å². The van der Waals surface area contributed by atoms with E-state index >= 15 is 0 Å². The maximum absolute atomic E-state index is 13.5. The Labute approximate surface area is 178 Å². The lowest BCUT2D eigenvalue weighted by atomic mass is 9.84. The van der Waals surface area contributed by atoms with E-state index < -0.39 is 0 Å². The number of methoxy groups -OCH3 is 2. The molecule has 0 aliphatic carbocycles. The van der Waals surface area contributed by atoms with Gasteiger partial charge < -0.3 is 9.47 Å². The lowest BCUT2D eigenvalue weighted by molar-refractivity contribution is -0.113. The Morgan fingerprint density at radius 2 is 1.90 bits per heavy atom. The van der Waals surface area contributed by atoms with Gasteiger partial charge in [-0.05, 0) is 55.1 Å². The number of amides is 1. The third-order valence-electron chi connectivity index (χ3n) is 6.02. The van der Waals surface area contributed by atoms with E-state index in [1.165, 1.54) is 12.8 Å². The molecule has 0 spiro atoms. The molecule has 0 bridgehead atoms. The zero-order chi connectivity index (χ0) is 21.3. The van der Waals surface area contributed by atoms with Crippen molar-refractivity contribution in [3.63, 3.8) is 0 Å². The lowest BCUT2D eigenvalue weighted by Gasteiger charge is -2.39. The summed E-state index contributed by atoms with van der Waals surface area (Å²) in [5.41, 5.74) is 3.74. The van der Waals surface area contributed by atoms with Gasteiger partial charge in [-0.25, -0.2) is 0 Å². The highest BCUT2D eigenvalue weighted by molar-refractivity contribution is 6.35. The van der Waals surface area contributed by atoms with Crippen molar-refractivity contribution >= 4 is 23.2 Å². The van der Waals surface area contributed by atoms with E-state index in [1.807, 2.05) is 53.4 Å². The van der Waals surface area contributed by atoms with E-state index in [0.717, 1.165) is 35.7 Å². The average Bonchev–Trinajstić information content (AvgIpc) is 2.99. The zero-order valence-electron chi connectivity index (χ0n) is 18.3. The van der Waals surface area contributed by atoms with E-state index in [4.69, 9.17) is 9.47 Å². The van der Waals surface area contributed by atoms with Crippen LogP contribution in [0.3, 0.4) is 0 Å². The highest BCUT2D eigenvalue weighted by Crippen LogP contribution is 2.40. The molecule has 2 aromatic carbocycles. The Morgan fingerprint density at radius 1 is 1.10 bits per heavy atom. The number of carbonyl (C=O) groups excluding carboxylic acids is 1. The standard InChI is InChI=1S/C25H30N2O3/c1-25(2)12-7-13-26(16-25)17-27-22-9-6-5-8-20(22)21(24(27)28)15-18-14-19(29-3)10-11-23(18)30-4/h5-6,8-11,14-15H,7,12-13,16-17H2,1-4H3/b21-15+. The predicted molar refractivity (Wildman–Crippen MR) is 121 cm³/mol. The molecule has 2 heterocycles. The normalized spacial score (nSPS) is 19.8. The molecule has 0 atom stereocenters. The third kappa shape index (κ3) is 3.94. The van der Waals surface area contributed by atoms with Gasteiger partial charge in [0.05, 0.1) is 26.6 Å². The van der Waals surface area contributed by atoms with Crippen molar-refractivity contribution in [1.82, 2.24) is 4.90 Å². The van der Waals surface area contributed by atoms with Crippen molar-refractivity contribution in [2.45, 2.75) is 26.7 Å². The first-order valence-corrected chi connectivity index (χ1v) is 10.5. The Morgan fingerprint density at radius 3 is 2.63 bits per heavy atom. The van der Waals surface area contributed by atoms with Crippen molar-refractivity contribution in [3.05, 3.63) is 53.6 Å². The van der Waals surface area contributed by atoms with E-state index in [1.54, 1.807) is 14.2 Å². The summed E-state index contributed by atoms with van der Waals surface area (Å²) in [5, 5.41) is 0. The van der Waals surface area contributed by atoms with Gasteiger partial charge in [-0.1, -0.05) is 32.0 Å². The third-order valence-corrected chi connectivity index (χ3v) is 6.02. The zero-order valence-corrected chi connectivity index (χ0v) is 18.3. The molecular weight excluding hydrogens is 376 g/mol. The van der Waals surface area contributed by atoms with Crippen LogP contribution in [0.4, 0.5) is 5.69 Å². The molecule has 158 valence electrons. The lowest BCUT2D eigenvalue weighted by Crippen LogP contribution is -2.46. The van der Waals surface area contributed by atoms with E-state index in [-0.39, 0.29) is 11.3 Å². The van der Waals surface area contributed by atoms with Crippen LogP contribution in [0.15, 0.2) is 42.5 Å². The van der Waals surface area contributed by atoms with Crippen molar-refractivity contribution in [3.8, 4) is 11.5 Å². The fourth-order valence-electron chi connectivity index (χ4n) is 4.56. The van der Waals surface area contributed by atoms with Crippen molar-refractivity contribution < 1.29 is 14.3 Å². The second kappa shape index (κ2) is 8.15. The van der Waals surface area contributed by atoms with Gasteiger partial charge >= 0.3 is 0 Å². The SMILES string of the molecule is COc1ccc(OC)c(/C=C2/C(=O)N(CN3CCCC(C)(C)C3)c3ccccc32)c1. The van der Waals surface area contributed by atoms with Crippen LogP contribution in [-0.4, -0.2) is 44.8 Å². The summed E-state index contributed by atoms with van der Waals surface area (Å²) in [7, 11) is 3.27. The monoisotopic (exact) mass is 406 g/mol. The first-order chi connectivity index (χ1) is 14.4. The highest BCUT2D eigenvalue weighted by Gasteiger charge is 2.35. The van der Waals surface area contributed by atoms with Gasteiger partial charge in [0.1, 0.15) is 11.5 Å². The summed E-state index contributed by atoms with van der Waals surface area (Å²) < 4.78 is 10.9.